The molecular formula is C14H17ClN6O. The van der Waals surface area contributed by atoms with Crippen LogP contribution in [0.4, 0.5) is 0 Å². The summed E-state index contributed by atoms with van der Waals surface area (Å²) in [6, 6.07) is 0.208. The molecule has 116 valence electrons. The average molecular weight is 321 g/mol. The standard InChI is InChI=1S/C14H17ClN6O/c1-9(21-5-4-16-8-21)6-13-17-12(19-22-13)7-11-10(2)18-20(3)14(11)15/h4-5,8-9H,6-7H2,1-3H3. The van der Waals surface area contributed by atoms with Crippen LogP contribution in [0.2, 0.25) is 5.15 Å². The van der Waals surface area contributed by atoms with E-state index >= 15 is 0 Å². The van der Waals surface area contributed by atoms with Crippen LogP contribution >= 0.6 is 11.6 Å². The molecule has 7 nitrogen and oxygen atoms in total. The summed E-state index contributed by atoms with van der Waals surface area (Å²) in [5, 5.41) is 8.92. The van der Waals surface area contributed by atoms with Gasteiger partial charge in [-0.3, -0.25) is 4.68 Å². The van der Waals surface area contributed by atoms with Crippen molar-refractivity contribution in [1.29, 1.82) is 0 Å². The van der Waals surface area contributed by atoms with Crippen LogP contribution in [0.5, 0.6) is 0 Å². The van der Waals surface area contributed by atoms with Gasteiger partial charge < -0.3 is 9.09 Å². The molecule has 0 aliphatic carbocycles. The molecule has 0 saturated carbocycles. The molecule has 3 heterocycles. The summed E-state index contributed by atoms with van der Waals surface area (Å²) in [5.41, 5.74) is 1.81. The first-order valence-electron chi connectivity index (χ1n) is 7.01. The number of aromatic nitrogens is 6. The van der Waals surface area contributed by atoms with E-state index in [0.29, 0.717) is 29.7 Å². The first-order valence-corrected chi connectivity index (χ1v) is 7.39. The summed E-state index contributed by atoms with van der Waals surface area (Å²) in [5.74, 6) is 1.22. The Bertz CT molecular complexity index is 760. The van der Waals surface area contributed by atoms with Crippen molar-refractivity contribution in [2.75, 3.05) is 0 Å². The van der Waals surface area contributed by atoms with E-state index in [1.165, 1.54) is 0 Å². The van der Waals surface area contributed by atoms with Crippen molar-refractivity contribution in [1.82, 2.24) is 29.5 Å². The maximum absolute atomic E-state index is 6.23. The fraction of sp³-hybridized carbons (Fsp3) is 0.429. The molecule has 0 saturated heterocycles. The van der Waals surface area contributed by atoms with Crippen molar-refractivity contribution in [2.45, 2.75) is 32.7 Å². The predicted octanol–water partition coefficient (Wildman–Crippen LogP) is 2.36. The molecule has 22 heavy (non-hydrogen) atoms. The summed E-state index contributed by atoms with van der Waals surface area (Å²) in [6.07, 6.45) is 6.62. The van der Waals surface area contributed by atoms with Gasteiger partial charge in [-0.25, -0.2) is 4.98 Å². The molecule has 8 heteroatoms. The highest BCUT2D eigenvalue weighted by Gasteiger charge is 2.16. The van der Waals surface area contributed by atoms with Gasteiger partial charge in [0.05, 0.1) is 12.0 Å². The van der Waals surface area contributed by atoms with E-state index in [-0.39, 0.29) is 6.04 Å². The molecule has 0 bridgehead atoms. The second kappa shape index (κ2) is 5.92. The van der Waals surface area contributed by atoms with E-state index in [1.807, 2.05) is 24.7 Å². The Kier molecular flexibility index (Phi) is 3.98. The zero-order valence-electron chi connectivity index (χ0n) is 12.7. The number of aryl methyl sites for hydroxylation is 2. The van der Waals surface area contributed by atoms with Crippen molar-refractivity contribution in [3.63, 3.8) is 0 Å². The highest BCUT2D eigenvalue weighted by molar-refractivity contribution is 6.30. The van der Waals surface area contributed by atoms with Crippen molar-refractivity contribution >= 4 is 11.6 Å². The van der Waals surface area contributed by atoms with Gasteiger partial charge in [0.25, 0.3) is 0 Å². The smallest absolute Gasteiger partial charge is 0.228 e. The number of halogens is 1. The fourth-order valence-electron chi connectivity index (χ4n) is 2.37. The molecular weight excluding hydrogens is 304 g/mol. The second-order valence-corrected chi connectivity index (χ2v) is 5.68. The lowest BCUT2D eigenvalue weighted by molar-refractivity contribution is 0.353. The Labute approximate surface area is 132 Å². The lowest BCUT2D eigenvalue weighted by Crippen LogP contribution is -2.06. The third-order valence-electron chi connectivity index (χ3n) is 3.62. The molecule has 0 amide bonds. The predicted molar refractivity (Wildman–Crippen MR) is 80.7 cm³/mol. The van der Waals surface area contributed by atoms with Crippen molar-refractivity contribution in [3.8, 4) is 0 Å². The first kappa shape index (κ1) is 14.8. The number of hydrogen-bond acceptors (Lipinski definition) is 5. The molecule has 0 N–H and O–H groups in total. The highest BCUT2D eigenvalue weighted by atomic mass is 35.5. The zero-order valence-corrected chi connectivity index (χ0v) is 13.4. The third kappa shape index (κ3) is 2.89. The Morgan fingerprint density at radius 2 is 2.23 bits per heavy atom. The minimum absolute atomic E-state index is 0.208. The van der Waals surface area contributed by atoms with Crippen LogP contribution in [-0.2, 0) is 19.9 Å². The lowest BCUT2D eigenvalue weighted by Gasteiger charge is -2.09. The van der Waals surface area contributed by atoms with Gasteiger partial charge >= 0.3 is 0 Å². The molecule has 0 aliphatic rings. The monoisotopic (exact) mass is 320 g/mol. The minimum Gasteiger partial charge on any atom is -0.339 e. The highest BCUT2D eigenvalue weighted by Crippen LogP contribution is 2.21. The van der Waals surface area contributed by atoms with Gasteiger partial charge in [0.2, 0.25) is 5.89 Å². The van der Waals surface area contributed by atoms with Gasteiger partial charge in [0.15, 0.2) is 5.82 Å². The topological polar surface area (TPSA) is 74.6 Å². The van der Waals surface area contributed by atoms with Crippen LogP contribution in [0.15, 0.2) is 23.2 Å². The van der Waals surface area contributed by atoms with Gasteiger partial charge in [-0.05, 0) is 13.8 Å². The van der Waals surface area contributed by atoms with Gasteiger partial charge in [0.1, 0.15) is 5.15 Å². The lowest BCUT2D eigenvalue weighted by atomic mass is 10.2. The Balaban J connectivity index is 1.71. The van der Waals surface area contributed by atoms with Gasteiger partial charge in [-0.1, -0.05) is 16.8 Å². The largest absolute Gasteiger partial charge is 0.339 e. The number of rotatable bonds is 5. The van der Waals surface area contributed by atoms with Crippen LogP contribution < -0.4 is 0 Å². The Morgan fingerprint density at radius 1 is 1.41 bits per heavy atom. The molecule has 0 aliphatic heterocycles. The van der Waals surface area contributed by atoms with E-state index in [0.717, 1.165) is 11.3 Å². The number of nitrogens with zero attached hydrogens (tertiary/aromatic N) is 6. The average Bonchev–Trinajstić information content (AvgIpc) is 3.18. The second-order valence-electron chi connectivity index (χ2n) is 5.32. The van der Waals surface area contributed by atoms with E-state index in [1.54, 1.807) is 17.2 Å². The maximum atomic E-state index is 6.23. The molecule has 0 fully saturated rings. The SMILES string of the molecule is Cc1nn(C)c(Cl)c1Cc1noc(CC(C)n2ccnc2)n1. The molecule has 0 radical (unpaired) electrons. The quantitative estimate of drug-likeness (QED) is 0.721. The number of imidazole rings is 1. The minimum atomic E-state index is 0.208. The maximum Gasteiger partial charge on any atom is 0.228 e. The Hall–Kier alpha value is -2.15. The van der Waals surface area contributed by atoms with Crippen molar-refractivity contribution in [3.05, 3.63) is 46.8 Å². The normalized spacial score (nSPS) is 12.7. The summed E-state index contributed by atoms with van der Waals surface area (Å²) in [7, 11) is 1.81. The van der Waals surface area contributed by atoms with Crippen LogP contribution in [-0.4, -0.2) is 29.5 Å². The third-order valence-corrected chi connectivity index (χ3v) is 4.09. The molecule has 3 rings (SSSR count). The van der Waals surface area contributed by atoms with Crippen LogP contribution in [0.3, 0.4) is 0 Å². The summed E-state index contributed by atoms with van der Waals surface area (Å²) >= 11 is 6.23. The van der Waals surface area contributed by atoms with Gasteiger partial charge in [-0.2, -0.15) is 10.1 Å². The number of hydrogen-bond donors (Lipinski definition) is 0. The van der Waals surface area contributed by atoms with Crippen LogP contribution in [0, 0.1) is 6.92 Å². The molecule has 3 aromatic rings. The zero-order chi connectivity index (χ0) is 15.7. The van der Waals surface area contributed by atoms with Crippen molar-refractivity contribution in [2.24, 2.45) is 7.05 Å². The van der Waals surface area contributed by atoms with Crippen LogP contribution in [0.25, 0.3) is 0 Å². The van der Waals surface area contributed by atoms with Crippen LogP contribution in [0.1, 0.15) is 35.9 Å². The van der Waals surface area contributed by atoms with E-state index in [2.05, 4.69) is 27.1 Å². The first-order chi connectivity index (χ1) is 10.5. The van der Waals surface area contributed by atoms with Gasteiger partial charge in [0, 0.05) is 43.9 Å². The van der Waals surface area contributed by atoms with Crippen molar-refractivity contribution < 1.29 is 4.52 Å². The van der Waals surface area contributed by atoms with E-state index in [4.69, 9.17) is 16.1 Å². The molecule has 1 atom stereocenters. The fourth-order valence-corrected chi connectivity index (χ4v) is 2.61. The molecule has 1 unspecified atom stereocenters. The molecule has 0 aromatic carbocycles. The summed E-state index contributed by atoms with van der Waals surface area (Å²) in [4.78, 5) is 8.48. The van der Waals surface area contributed by atoms with E-state index < -0.39 is 0 Å². The summed E-state index contributed by atoms with van der Waals surface area (Å²) < 4.78 is 8.98. The van der Waals surface area contributed by atoms with E-state index in [9.17, 15) is 0 Å². The van der Waals surface area contributed by atoms with Gasteiger partial charge in [-0.15, -0.1) is 0 Å². The Morgan fingerprint density at radius 3 is 2.86 bits per heavy atom. The molecule has 0 spiro atoms. The summed E-state index contributed by atoms with van der Waals surface area (Å²) in [6.45, 7) is 4.00. The molecule has 3 aromatic heterocycles.